The van der Waals surface area contributed by atoms with Crippen molar-refractivity contribution in [3.8, 4) is 0 Å². The number of rotatable bonds is 6. The fraction of sp³-hybridized carbons (Fsp3) is 0.300. The summed E-state index contributed by atoms with van der Waals surface area (Å²) in [7, 11) is 0. The number of aromatic nitrogens is 3. The number of carbonyl (C=O) groups is 1. The lowest BCUT2D eigenvalue weighted by molar-refractivity contribution is 0.102. The van der Waals surface area contributed by atoms with Crippen LogP contribution in [0.15, 0.2) is 42.6 Å². The van der Waals surface area contributed by atoms with Crippen LogP contribution >= 0.6 is 0 Å². The van der Waals surface area contributed by atoms with Crippen molar-refractivity contribution in [1.29, 1.82) is 0 Å². The molecule has 1 amide bonds. The molecule has 2 heterocycles. The number of pyridine rings is 1. The van der Waals surface area contributed by atoms with Gasteiger partial charge in [0.1, 0.15) is 17.3 Å². The summed E-state index contributed by atoms with van der Waals surface area (Å²) in [6.45, 7) is 6.93. The molecule has 0 aliphatic carbocycles. The van der Waals surface area contributed by atoms with Crippen molar-refractivity contribution < 1.29 is 4.79 Å². The molecule has 6 nitrogen and oxygen atoms in total. The number of benzene rings is 1. The number of amides is 1. The highest BCUT2D eigenvalue weighted by Crippen LogP contribution is 2.21. The van der Waals surface area contributed by atoms with Gasteiger partial charge in [-0.25, -0.2) is 9.97 Å². The van der Waals surface area contributed by atoms with Crippen LogP contribution in [0.3, 0.4) is 0 Å². The first-order valence-electron chi connectivity index (χ1n) is 8.77. The highest BCUT2D eigenvalue weighted by Gasteiger charge is 2.13. The van der Waals surface area contributed by atoms with E-state index in [1.54, 1.807) is 19.2 Å². The fourth-order valence-electron chi connectivity index (χ4n) is 2.65. The predicted molar refractivity (Wildman–Crippen MR) is 104 cm³/mol. The van der Waals surface area contributed by atoms with Crippen molar-refractivity contribution in [3.05, 3.63) is 54.1 Å². The van der Waals surface area contributed by atoms with Crippen LogP contribution in [-0.2, 0) is 0 Å². The van der Waals surface area contributed by atoms with Crippen molar-refractivity contribution in [1.82, 2.24) is 15.0 Å². The summed E-state index contributed by atoms with van der Waals surface area (Å²) in [5.41, 5.74) is 1.75. The average Bonchev–Trinajstić information content (AvgIpc) is 2.61. The van der Waals surface area contributed by atoms with Gasteiger partial charge >= 0.3 is 0 Å². The van der Waals surface area contributed by atoms with E-state index in [1.807, 2.05) is 30.3 Å². The number of hydrogen-bond acceptors (Lipinski definition) is 5. The summed E-state index contributed by atoms with van der Waals surface area (Å²) >= 11 is 0. The summed E-state index contributed by atoms with van der Waals surface area (Å²) in [6, 6.07) is 11.2. The maximum absolute atomic E-state index is 12.7. The van der Waals surface area contributed by atoms with E-state index in [9.17, 15) is 4.79 Å². The molecule has 3 aromatic rings. The van der Waals surface area contributed by atoms with Crippen LogP contribution in [0.5, 0.6) is 0 Å². The largest absolute Gasteiger partial charge is 0.370 e. The molecule has 0 atom stereocenters. The van der Waals surface area contributed by atoms with Crippen LogP contribution in [0.4, 0.5) is 11.5 Å². The molecule has 0 spiro atoms. The second-order valence-corrected chi connectivity index (χ2v) is 6.63. The second kappa shape index (κ2) is 7.91. The van der Waals surface area contributed by atoms with E-state index in [2.05, 4.69) is 39.4 Å². The molecule has 2 N–H and O–H groups in total. The van der Waals surface area contributed by atoms with Crippen LogP contribution in [-0.4, -0.2) is 27.4 Å². The molecule has 2 aromatic heterocycles. The van der Waals surface area contributed by atoms with Gasteiger partial charge in [-0.1, -0.05) is 32.0 Å². The normalized spacial score (nSPS) is 10.9. The molecule has 0 saturated heterocycles. The quantitative estimate of drug-likeness (QED) is 0.702. The van der Waals surface area contributed by atoms with E-state index in [0.717, 1.165) is 23.9 Å². The highest BCUT2D eigenvalue weighted by molar-refractivity contribution is 6.07. The van der Waals surface area contributed by atoms with Crippen molar-refractivity contribution >= 4 is 28.3 Å². The van der Waals surface area contributed by atoms with E-state index in [0.29, 0.717) is 28.9 Å². The van der Waals surface area contributed by atoms with Crippen molar-refractivity contribution in [2.45, 2.75) is 27.2 Å². The molecule has 134 valence electrons. The molecule has 0 bridgehead atoms. The smallest absolute Gasteiger partial charge is 0.274 e. The van der Waals surface area contributed by atoms with Crippen molar-refractivity contribution in [2.75, 3.05) is 17.2 Å². The van der Waals surface area contributed by atoms with Gasteiger partial charge in [0.05, 0.1) is 11.2 Å². The number of carbonyl (C=O) groups excluding carboxylic acids is 1. The van der Waals surface area contributed by atoms with Crippen LogP contribution in [0.2, 0.25) is 0 Å². The molecule has 26 heavy (non-hydrogen) atoms. The maximum Gasteiger partial charge on any atom is 0.274 e. The van der Waals surface area contributed by atoms with Gasteiger partial charge in [-0.2, -0.15) is 0 Å². The lowest BCUT2D eigenvalue weighted by Crippen LogP contribution is -2.16. The summed E-state index contributed by atoms with van der Waals surface area (Å²) < 4.78 is 0. The molecule has 0 aliphatic heterocycles. The number of fused-ring (bicyclic) bond motifs is 1. The summed E-state index contributed by atoms with van der Waals surface area (Å²) in [6.07, 6.45) is 2.75. The number of nitrogens with one attached hydrogen (secondary N) is 2. The number of hydrogen-bond donors (Lipinski definition) is 2. The van der Waals surface area contributed by atoms with Gasteiger partial charge in [-0.15, -0.1) is 0 Å². The second-order valence-electron chi connectivity index (χ2n) is 6.63. The van der Waals surface area contributed by atoms with E-state index in [1.165, 1.54) is 0 Å². The van der Waals surface area contributed by atoms with Crippen LogP contribution in [0, 0.1) is 12.8 Å². The first kappa shape index (κ1) is 17.8. The van der Waals surface area contributed by atoms with E-state index in [-0.39, 0.29) is 5.91 Å². The summed E-state index contributed by atoms with van der Waals surface area (Å²) in [4.78, 5) is 25.7. The Kier molecular flexibility index (Phi) is 5.41. The van der Waals surface area contributed by atoms with Crippen LogP contribution < -0.4 is 10.6 Å². The van der Waals surface area contributed by atoms with Gasteiger partial charge in [0, 0.05) is 24.2 Å². The van der Waals surface area contributed by atoms with Gasteiger partial charge in [-0.05, 0) is 31.4 Å². The molecule has 0 unspecified atom stereocenters. The van der Waals surface area contributed by atoms with Gasteiger partial charge in [0.2, 0.25) is 0 Å². The number of anilines is 2. The molecule has 3 rings (SSSR count). The standard InChI is InChI=1S/C20H23N5O/c1-13(2)9-11-21-18-12-17(23-14(3)24-18)20(26)25-16-8-4-6-15-7-5-10-22-19(15)16/h4-8,10,12-13H,9,11H2,1-3H3,(H,25,26)(H,21,23,24). The van der Waals surface area contributed by atoms with Crippen LogP contribution in [0.1, 0.15) is 36.6 Å². The van der Waals surface area contributed by atoms with E-state index < -0.39 is 0 Å². The minimum absolute atomic E-state index is 0.277. The molecule has 0 saturated carbocycles. The molecule has 0 radical (unpaired) electrons. The van der Waals surface area contributed by atoms with E-state index in [4.69, 9.17) is 0 Å². The first-order valence-corrected chi connectivity index (χ1v) is 8.77. The van der Waals surface area contributed by atoms with Crippen LogP contribution in [0.25, 0.3) is 10.9 Å². The lowest BCUT2D eigenvalue weighted by Gasteiger charge is -2.11. The molecule has 1 aromatic carbocycles. The minimum Gasteiger partial charge on any atom is -0.370 e. The number of nitrogens with zero attached hydrogens (tertiary/aromatic N) is 3. The first-order chi connectivity index (χ1) is 12.5. The number of aryl methyl sites for hydroxylation is 1. The zero-order valence-corrected chi connectivity index (χ0v) is 15.3. The third-order valence-corrected chi connectivity index (χ3v) is 3.98. The van der Waals surface area contributed by atoms with Gasteiger partial charge in [0.15, 0.2) is 0 Å². The van der Waals surface area contributed by atoms with Gasteiger partial charge < -0.3 is 10.6 Å². The lowest BCUT2D eigenvalue weighted by atomic mass is 10.1. The SMILES string of the molecule is Cc1nc(NCCC(C)C)cc(C(=O)Nc2cccc3cccnc23)n1. The topological polar surface area (TPSA) is 79.8 Å². The van der Waals surface area contributed by atoms with Gasteiger partial charge in [0.25, 0.3) is 5.91 Å². The zero-order valence-electron chi connectivity index (χ0n) is 15.3. The Labute approximate surface area is 153 Å². The Balaban J connectivity index is 1.80. The Hall–Kier alpha value is -3.02. The highest BCUT2D eigenvalue weighted by atomic mass is 16.1. The van der Waals surface area contributed by atoms with Gasteiger partial charge in [-0.3, -0.25) is 9.78 Å². The average molecular weight is 349 g/mol. The zero-order chi connectivity index (χ0) is 18.5. The summed E-state index contributed by atoms with van der Waals surface area (Å²) in [5, 5.41) is 7.15. The summed E-state index contributed by atoms with van der Waals surface area (Å²) in [5.74, 6) is 1.55. The van der Waals surface area contributed by atoms with Crippen molar-refractivity contribution in [3.63, 3.8) is 0 Å². The Bertz CT molecular complexity index is 918. The third-order valence-electron chi connectivity index (χ3n) is 3.98. The Morgan fingerprint density at radius 2 is 1.96 bits per heavy atom. The molecular weight excluding hydrogens is 326 g/mol. The van der Waals surface area contributed by atoms with E-state index >= 15 is 0 Å². The van der Waals surface area contributed by atoms with Crippen molar-refractivity contribution in [2.24, 2.45) is 5.92 Å². The maximum atomic E-state index is 12.7. The Morgan fingerprint density at radius 1 is 1.15 bits per heavy atom. The Morgan fingerprint density at radius 3 is 2.77 bits per heavy atom. The predicted octanol–water partition coefficient (Wildman–Crippen LogP) is 4.04. The molecule has 0 aliphatic rings. The fourth-order valence-corrected chi connectivity index (χ4v) is 2.65. The molecule has 0 fully saturated rings. The minimum atomic E-state index is -0.277. The third kappa shape index (κ3) is 4.33. The molecule has 6 heteroatoms. The molecular formula is C20H23N5O. The monoisotopic (exact) mass is 349 g/mol. The number of para-hydroxylation sites is 1.